The number of halogens is 2. The molecular formula is C15H24F2N2O. The molecule has 1 aliphatic carbocycles. The van der Waals surface area contributed by atoms with Gasteiger partial charge in [-0.25, -0.2) is 8.78 Å². The lowest BCUT2D eigenvalue weighted by Crippen LogP contribution is -2.62. The Morgan fingerprint density at radius 1 is 1.20 bits per heavy atom. The first-order chi connectivity index (χ1) is 9.33. The zero-order valence-electron chi connectivity index (χ0n) is 12.4. The van der Waals surface area contributed by atoms with E-state index in [1.807, 2.05) is 0 Å². The van der Waals surface area contributed by atoms with Crippen LogP contribution in [0.5, 0.6) is 0 Å². The van der Waals surface area contributed by atoms with Gasteiger partial charge in [-0.05, 0) is 33.2 Å². The molecule has 1 amide bonds. The zero-order chi connectivity index (χ0) is 14.5. The lowest BCUT2D eigenvalue weighted by atomic mass is 9.75. The fraction of sp³-hybridized carbons (Fsp3) is 0.933. The molecule has 3 nitrogen and oxygen atoms in total. The molecule has 20 heavy (non-hydrogen) atoms. The largest absolute Gasteiger partial charge is 0.341 e. The van der Waals surface area contributed by atoms with Crippen LogP contribution in [0.15, 0.2) is 0 Å². The molecule has 114 valence electrons. The summed E-state index contributed by atoms with van der Waals surface area (Å²) < 4.78 is 26.0. The Hall–Kier alpha value is -0.710. The number of nitrogens with zero attached hydrogens (tertiary/aromatic N) is 2. The van der Waals surface area contributed by atoms with Gasteiger partial charge in [0.1, 0.15) is 5.92 Å². The molecule has 2 saturated heterocycles. The average Bonchev–Trinajstić information content (AvgIpc) is 3.01. The first-order valence-corrected chi connectivity index (χ1v) is 7.74. The Morgan fingerprint density at radius 3 is 2.40 bits per heavy atom. The summed E-state index contributed by atoms with van der Waals surface area (Å²) in [4.78, 5) is 16.1. The molecule has 3 rings (SSSR count). The monoisotopic (exact) mass is 286 g/mol. The molecule has 0 N–H and O–H groups in total. The molecular weight excluding hydrogens is 262 g/mol. The van der Waals surface area contributed by atoms with Gasteiger partial charge >= 0.3 is 0 Å². The summed E-state index contributed by atoms with van der Waals surface area (Å²) in [6, 6.07) is 0.516. The van der Waals surface area contributed by atoms with Crippen molar-refractivity contribution in [3.8, 4) is 0 Å². The van der Waals surface area contributed by atoms with Crippen LogP contribution in [0.25, 0.3) is 0 Å². The summed E-state index contributed by atoms with van der Waals surface area (Å²) in [7, 11) is 0. The number of likely N-dealkylation sites (tertiary alicyclic amines) is 2. The van der Waals surface area contributed by atoms with Crippen molar-refractivity contribution in [2.75, 3.05) is 26.2 Å². The average molecular weight is 286 g/mol. The van der Waals surface area contributed by atoms with E-state index in [2.05, 4.69) is 18.7 Å². The van der Waals surface area contributed by atoms with Crippen LogP contribution in [0.3, 0.4) is 0 Å². The number of rotatable bonds is 2. The second-order valence-corrected chi connectivity index (χ2v) is 7.23. The Labute approximate surface area is 119 Å². The standard InChI is InChI=1S/C15H24F2N2O/c1-11(2)18-6-4-3-5-14(8-18)9-19(10-14)13(20)12-7-15(12,16)17/h11-12H,3-10H2,1-2H3/t12-/m1/s1. The van der Waals surface area contributed by atoms with E-state index in [0.29, 0.717) is 19.1 Å². The van der Waals surface area contributed by atoms with Gasteiger partial charge in [0.25, 0.3) is 5.92 Å². The van der Waals surface area contributed by atoms with Gasteiger partial charge in [-0.3, -0.25) is 4.79 Å². The molecule has 0 unspecified atom stereocenters. The molecule has 1 atom stereocenters. The van der Waals surface area contributed by atoms with Crippen molar-refractivity contribution in [3.63, 3.8) is 0 Å². The van der Waals surface area contributed by atoms with Crippen LogP contribution < -0.4 is 0 Å². The summed E-state index contributed by atoms with van der Waals surface area (Å²) in [6.45, 7) is 7.89. The first-order valence-electron chi connectivity index (χ1n) is 7.74. The van der Waals surface area contributed by atoms with E-state index in [1.165, 1.54) is 12.8 Å². The van der Waals surface area contributed by atoms with Crippen LogP contribution in [-0.2, 0) is 4.79 Å². The predicted molar refractivity (Wildman–Crippen MR) is 72.6 cm³/mol. The maximum Gasteiger partial charge on any atom is 0.260 e. The van der Waals surface area contributed by atoms with Gasteiger partial charge in [0.05, 0.1) is 0 Å². The molecule has 0 radical (unpaired) electrons. The Morgan fingerprint density at radius 2 is 1.85 bits per heavy atom. The number of carbonyl (C=O) groups excluding carboxylic acids is 1. The van der Waals surface area contributed by atoms with E-state index in [-0.39, 0.29) is 17.7 Å². The van der Waals surface area contributed by atoms with E-state index in [0.717, 1.165) is 19.5 Å². The highest BCUT2D eigenvalue weighted by Crippen LogP contribution is 2.51. The fourth-order valence-electron chi connectivity index (χ4n) is 3.72. The van der Waals surface area contributed by atoms with Crippen LogP contribution in [0.4, 0.5) is 8.78 Å². The Bertz CT molecular complexity index is 405. The number of carbonyl (C=O) groups is 1. The van der Waals surface area contributed by atoms with Gasteiger partial charge in [-0.15, -0.1) is 0 Å². The van der Waals surface area contributed by atoms with Crippen LogP contribution in [0, 0.1) is 11.3 Å². The molecule has 1 spiro atoms. The van der Waals surface area contributed by atoms with Crippen molar-refractivity contribution in [2.45, 2.75) is 51.5 Å². The SMILES string of the molecule is CC(C)N1CCCCC2(CN(C(=O)[C@H]3CC3(F)F)C2)C1. The number of amides is 1. The van der Waals surface area contributed by atoms with Gasteiger partial charge in [0.15, 0.2) is 0 Å². The van der Waals surface area contributed by atoms with E-state index in [1.54, 1.807) is 4.90 Å². The second-order valence-electron chi connectivity index (χ2n) is 7.23. The van der Waals surface area contributed by atoms with E-state index >= 15 is 0 Å². The van der Waals surface area contributed by atoms with E-state index < -0.39 is 11.8 Å². The maximum atomic E-state index is 13.0. The summed E-state index contributed by atoms with van der Waals surface area (Å²) in [5, 5.41) is 0. The van der Waals surface area contributed by atoms with Crippen molar-refractivity contribution < 1.29 is 13.6 Å². The zero-order valence-corrected chi connectivity index (χ0v) is 12.4. The van der Waals surface area contributed by atoms with E-state index in [4.69, 9.17) is 0 Å². The third-order valence-electron chi connectivity index (χ3n) is 5.16. The van der Waals surface area contributed by atoms with Crippen LogP contribution in [0.2, 0.25) is 0 Å². The molecule has 3 fully saturated rings. The molecule has 1 saturated carbocycles. The van der Waals surface area contributed by atoms with E-state index in [9.17, 15) is 13.6 Å². The minimum atomic E-state index is -2.73. The molecule has 0 aromatic heterocycles. The molecule has 3 aliphatic rings. The molecule has 5 heteroatoms. The maximum absolute atomic E-state index is 13.0. The molecule has 0 bridgehead atoms. The summed E-state index contributed by atoms with van der Waals surface area (Å²) in [5.41, 5.74) is 0.167. The van der Waals surface area contributed by atoms with Crippen LogP contribution in [0.1, 0.15) is 39.5 Å². The fourth-order valence-corrected chi connectivity index (χ4v) is 3.72. The quantitative estimate of drug-likeness (QED) is 0.778. The van der Waals surface area contributed by atoms with Gasteiger partial charge in [-0.1, -0.05) is 6.42 Å². The van der Waals surface area contributed by atoms with Crippen molar-refractivity contribution in [1.29, 1.82) is 0 Å². The van der Waals surface area contributed by atoms with Crippen molar-refractivity contribution in [3.05, 3.63) is 0 Å². The van der Waals surface area contributed by atoms with Gasteiger partial charge in [0, 0.05) is 37.5 Å². The highest BCUT2D eigenvalue weighted by atomic mass is 19.3. The van der Waals surface area contributed by atoms with Gasteiger partial charge in [-0.2, -0.15) is 0 Å². The topological polar surface area (TPSA) is 23.6 Å². The molecule has 0 aromatic rings. The van der Waals surface area contributed by atoms with Crippen molar-refractivity contribution in [2.24, 2.45) is 11.3 Å². The van der Waals surface area contributed by atoms with Gasteiger partial charge in [0.2, 0.25) is 5.91 Å². The van der Waals surface area contributed by atoms with Crippen LogP contribution >= 0.6 is 0 Å². The molecule has 2 aliphatic heterocycles. The molecule has 0 aromatic carbocycles. The smallest absolute Gasteiger partial charge is 0.260 e. The summed E-state index contributed by atoms with van der Waals surface area (Å²) in [6.07, 6.45) is 3.27. The first kappa shape index (κ1) is 14.2. The third-order valence-corrected chi connectivity index (χ3v) is 5.16. The second kappa shape index (κ2) is 4.65. The van der Waals surface area contributed by atoms with Crippen molar-refractivity contribution >= 4 is 5.91 Å². The summed E-state index contributed by atoms with van der Waals surface area (Å²) >= 11 is 0. The van der Waals surface area contributed by atoms with Crippen LogP contribution in [-0.4, -0.2) is 53.9 Å². The number of hydrogen-bond donors (Lipinski definition) is 0. The highest BCUT2D eigenvalue weighted by molar-refractivity contribution is 5.83. The Kier molecular flexibility index (Phi) is 3.31. The van der Waals surface area contributed by atoms with Gasteiger partial charge < -0.3 is 9.80 Å². The lowest BCUT2D eigenvalue weighted by Gasteiger charge is -2.52. The number of hydrogen-bond acceptors (Lipinski definition) is 2. The Balaban J connectivity index is 1.58. The normalized spacial score (nSPS) is 32.0. The minimum absolute atomic E-state index is 0.167. The predicted octanol–water partition coefficient (Wildman–Crippen LogP) is 2.36. The highest BCUT2D eigenvalue weighted by Gasteiger charge is 2.64. The minimum Gasteiger partial charge on any atom is -0.341 e. The lowest BCUT2D eigenvalue weighted by molar-refractivity contribution is -0.148. The molecule has 2 heterocycles. The van der Waals surface area contributed by atoms with Crippen molar-refractivity contribution in [1.82, 2.24) is 9.80 Å². The third kappa shape index (κ3) is 2.45. The summed E-state index contributed by atoms with van der Waals surface area (Å²) in [5.74, 6) is -4.07. The number of alkyl halides is 2.